The van der Waals surface area contributed by atoms with Crippen molar-refractivity contribution in [1.82, 2.24) is 0 Å². The summed E-state index contributed by atoms with van der Waals surface area (Å²) >= 11 is 0. The van der Waals surface area contributed by atoms with Gasteiger partial charge in [0.15, 0.2) is 0 Å². The molecule has 0 spiro atoms. The van der Waals surface area contributed by atoms with Gasteiger partial charge in [0, 0.05) is 6.54 Å². The summed E-state index contributed by atoms with van der Waals surface area (Å²) in [5.41, 5.74) is 1.87. The second kappa shape index (κ2) is 6.01. The number of rotatable bonds is 3. The fourth-order valence-electron chi connectivity index (χ4n) is 2.86. The van der Waals surface area contributed by atoms with E-state index in [1.165, 1.54) is 11.4 Å². The van der Waals surface area contributed by atoms with E-state index in [4.69, 9.17) is 4.74 Å². The smallest absolute Gasteiger partial charge is 0.268 e. The Morgan fingerprint density at radius 2 is 1.73 bits per heavy atom. The van der Waals surface area contributed by atoms with Crippen LogP contribution >= 0.6 is 0 Å². The second-order valence-electron chi connectivity index (χ2n) is 5.31. The Hall–Kier alpha value is -2.01. The Kier molecular flexibility index (Phi) is 4.07. The van der Waals surface area contributed by atoms with Crippen LogP contribution in [0.5, 0.6) is 5.75 Å². The average Bonchev–Trinajstić information content (AvgIpc) is 2.77. The van der Waals surface area contributed by atoms with Gasteiger partial charge >= 0.3 is 0 Å². The van der Waals surface area contributed by atoms with E-state index in [1.807, 2.05) is 24.3 Å². The minimum atomic E-state index is -3.63. The van der Waals surface area contributed by atoms with Crippen LogP contribution in [0.2, 0.25) is 0 Å². The topological polar surface area (TPSA) is 46.6 Å². The van der Waals surface area contributed by atoms with Crippen LogP contribution in [0, 0.1) is 0 Å². The fourth-order valence-corrected chi connectivity index (χ4v) is 4.56. The number of methoxy groups -OCH3 is 1. The van der Waals surface area contributed by atoms with Crippen LogP contribution in [0.4, 0.5) is 5.69 Å². The molecule has 1 heterocycles. The molecule has 0 amide bonds. The Bertz CT molecular complexity index is 771. The fraction of sp³-hybridized carbons (Fsp3) is 0.294. The van der Waals surface area contributed by atoms with E-state index >= 15 is 0 Å². The maximum absolute atomic E-state index is 13.1. The standard InChI is InChI=1S/C17H19NO3S/c1-21-16-11-4-5-12-17(16)22(19,20)18-13-7-6-9-14-8-2-3-10-15(14)18/h2-5,8,10-12H,6-7,9,13H2,1H3. The van der Waals surface area contributed by atoms with Crippen LogP contribution in [0.25, 0.3) is 0 Å². The molecule has 116 valence electrons. The van der Waals surface area contributed by atoms with Gasteiger partial charge < -0.3 is 4.74 Å². The van der Waals surface area contributed by atoms with E-state index in [0.29, 0.717) is 12.3 Å². The molecule has 0 unspecified atom stereocenters. The van der Waals surface area contributed by atoms with Crippen molar-refractivity contribution in [1.29, 1.82) is 0 Å². The Labute approximate surface area is 131 Å². The minimum Gasteiger partial charge on any atom is -0.495 e. The predicted octanol–water partition coefficient (Wildman–Crippen LogP) is 3.23. The third-order valence-corrected chi connectivity index (χ3v) is 5.81. The molecule has 0 fully saturated rings. The lowest BCUT2D eigenvalue weighted by Gasteiger charge is -2.25. The molecule has 0 radical (unpaired) electrons. The lowest BCUT2D eigenvalue weighted by atomic mass is 10.1. The van der Waals surface area contributed by atoms with Gasteiger partial charge in [-0.1, -0.05) is 30.3 Å². The summed E-state index contributed by atoms with van der Waals surface area (Å²) in [6, 6.07) is 14.5. The number of fused-ring (bicyclic) bond motifs is 1. The van der Waals surface area contributed by atoms with Gasteiger partial charge in [-0.15, -0.1) is 0 Å². The summed E-state index contributed by atoms with van der Waals surface area (Å²) in [5, 5.41) is 0. The number of anilines is 1. The molecule has 1 aliphatic heterocycles. The zero-order chi connectivity index (χ0) is 15.6. The first-order valence-electron chi connectivity index (χ1n) is 7.38. The number of para-hydroxylation sites is 2. The van der Waals surface area contributed by atoms with Gasteiger partial charge in [0.2, 0.25) is 0 Å². The summed E-state index contributed by atoms with van der Waals surface area (Å²) in [5.74, 6) is 0.379. The quantitative estimate of drug-likeness (QED) is 0.873. The van der Waals surface area contributed by atoms with Crippen molar-refractivity contribution >= 4 is 15.7 Å². The highest BCUT2D eigenvalue weighted by Gasteiger charge is 2.30. The van der Waals surface area contributed by atoms with E-state index in [1.54, 1.807) is 24.3 Å². The monoisotopic (exact) mass is 317 g/mol. The van der Waals surface area contributed by atoms with E-state index in [0.717, 1.165) is 30.5 Å². The van der Waals surface area contributed by atoms with Crippen LogP contribution in [0.15, 0.2) is 53.4 Å². The molecule has 4 nitrogen and oxygen atoms in total. The van der Waals surface area contributed by atoms with E-state index < -0.39 is 10.0 Å². The minimum absolute atomic E-state index is 0.217. The highest BCUT2D eigenvalue weighted by atomic mass is 32.2. The molecule has 1 aliphatic rings. The molecule has 22 heavy (non-hydrogen) atoms. The number of hydrogen-bond donors (Lipinski definition) is 0. The molecular formula is C17H19NO3S. The van der Waals surface area contributed by atoms with Crippen molar-refractivity contribution in [3.63, 3.8) is 0 Å². The maximum atomic E-state index is 13.1. The lowest BCUT2D eigenvalue weighted by Crippen LogP contribution is -2.32. The van der Waals surface area contributed by atoms with Gasteiger partial charge in [-0.3, -0.25) is 4.31 Å². The van der Waals surface area contributed by atoms with Crippen molar-refractivity contribution < 1.29 is 13.2 Å². The van der Waals surface area contributed by atoms with Crippen molar-refractivity contribution in [2.24, 2.45) is 0 Å². The molecule has 0 N–H and O–H groups in total. The van der Waals surface area contributed by atoms with Crippen molar-refractivity contribution in [3.8, 4) is 5.75 Å². The Balaban J connectivity index is 2.13. The Morgan fingerprint density at radius 1 is 1.00 bits per heavy atom. The van der Waals surface area contributed by atoms with Crippen LogP contribution in [-0.2, 0) is 16.4 Å². The molecular weight excluding hydrogens is 298 g/mol. The maximum Gasteiger partial charge on any atom is 0.268 e. The van der Waals surface area contributed by atoms with Crippen LogP contribution < -0.4 is 9.04 Å². The van der Waals surface area contributed by atoms with Gasteiger partial charge in [0.1, 0.15) is 10.6 Å². The van der Waals surface area contributed by atoms with Gasteiger partial charge in [0.25, 0.3) is 10.0 Å². The first-order valence-corrected chi connectivity index (χ1v) is 8.82. The Morgan fingerprint density at radius 3 is 2.55 bits per heavy atom. The summed E-state index contributed by atoms with van der Waals surface area (Å²) in [6.45, 7) is 0.497. The van der Waals surface area contributed by atoms with Crippen LogP contribution in [-0.4, -0.2) is 22.1 Å². The number of benzene rings is 2. The molecule has 0 bridgehead atoms. The van der Waals surface area contributed by atoms with Crippen molar-refractivity contribution in [2.45, 2.75) is 24.2 Å². The zero-order valence-corrected chi connectivity index (χ0v) is 13.3. The predicted molar refractivity (Wildman–Crippen MR) is 86.9 cm³/mol. The molecule has 2 aromatic rings. The van der Waals surface area contributed by atoms with E-state index in [2.05, 4.69) is 0 Å². The largest absolute Gasteiger partial charge is 0.495 e. The molecule has 0 saturated heterocycles. The van der Waals surface area contributed by atoms with E-state index in [-0.39, 0.29) is 4.90 Å². The number of aryl methyl sites for hydroxylation is 1. The molecule has 2 aromatic carbocycles. The summed E-state index contributed by atoms with van der Waals surface area (Å²) < 4.78 is 33.0. The molecule has 0 saturated carbocycles. The molecule has 3 rings (SSSR count). The lowest BCUT2D eigenvalue weighted by molar-refractivity contribution is 0.402. The summed E-state index contributed by atoms with van der Waals surface area (Å²) in [4.78, 5) is 0.217. The molecule has 0 aliphatic carbocycles. The first-order chi connectivity index (χ1) is 10.6. The molecule has 5 heteroatoms. The van der Waals surface area contributed by atoms with Crippen LogP contribution in [0.1, 0.15) is 18.4 Å². The van der Waals surface area contributed by atoms with Crippen molar-refractivity contribution in [3.05, 3.63) is 54.1 Å². The SMILES string of the molecule is COc1ccccc1S(=O)(=O)N1CCCCc2ccccc21. The van der Waals surface area contributed by atoms with Gasteiger partial charge in [-0.25, -0.2) is 8.42 Å². The zero-order valence-electron chi connectivity index (χ0n) is 12.5. The number of nitrogens with zero attached hydrogens (tertiary/aromatic N) is 1. The highest BCUT2D eigenvalue weighted by molar-refractivity contribution is 7.93. The average molecular weight is 317 g/mol. The normalized spacial score (nSPS) is 15.0. The van der Waals surface area contributed by atoms with Gasteiger partial charge in [-0.05, 0) is 43.0 Å². The summed E-state index contributed by atoms with van der Waals surface area (Å²) in [7, 11) is -2.14. The van der Waals surface area contributed by atoms with Gasteiger partial charge in [-0.2, -0.15) is 0 Å². The van der Waals surface area contributed by atoms with Crippen molar-refractivity contribution in [2.75, 3.05) is 18.0 Å². The summed E-state index contributed by atoms with van der Waals surface area (Å²) in [6.07, 6.45) is 2.76. The van der Waals surface area contributed by atoms with Crippen LogP contribution in [0.3, 0.4) is 0 Å². The molecule has 0 aromatic heterocycles. The number of sulfonamides is 1. The third kappa shape index (κ3) is 2.57. The number of hydrogen-bond acceptors (Lipinski definition) is 3. The van der Waals surface area contributed by atoms with Gasteiger partial charge in [0.05, 0.1) is 12.8 Å². The molecule has 0 atom stereocenters. The third-order valence-electron chi connectivity index (χ3n) is 3.95. The number of ether oxygens (including phenoxy) is 1. The second-order valence-corrected chi connectivity index (χ2v) is 7.14. The van der Waals surface area contributed by atoms with E-state index in [9.17, 15) is 8.42 Å². The first kappa shape index (κ1) is 14.9. The highest BCUT2D eigenvalue weighted by Crippen LogP contribution is 2.34.